The molecule has 1 heterocycles. The summed E-state index contributed by atoms with van der Waals surface area (Å²) in [6, 6.07) is 9.82. The van der Waals surface area contributed by atoms with Gasteiger partial charge in [0.25, 0.3) is 0 Å². The first kappa shape index (κ1) is 17.8. The Labute approximate surface area is 141 Å². The molecule has 0 spiro atoms. The van der Waals surface area contributed by atoms with Crippen molar-refractivity contribution >= 4 is 23.6 Å². The molecule has 0 aromatic heterocycles. The normalized spacial score (nSPS) is 18.4. The summed E-state index contributed by atoms with van der Waals surface area (Å²) in [5.41, 5.74) is 1.23. The maximum atomic E-state index is 12.2. The number of rotatable bonds is 8. The van der Waals surface area contributed by atoms with Crippen LogP contribution in [0.25, 0.3) is 0 Å². The number of hydrogen-bond acceptors (Lipinski definition) is 5. The minimum atomic E-state index is -0.296. The van der Waals surface area contributed by atoms with Gasteiger partial charge in [-0.2, -0.15) is 11.8 Å². The first-order valence-corrected chi connectivity index (χ1v) is 9.06. The van der Waals surface area contributed by atoms with Crippen molar-refractivity contribution in [2.75, 3.05) is 19.4 Å². The zero-order chi connectivity index (χ0) is 16.5. The third-order valence-corrected chi connectivity index (χ3v) is 4.97. The van der Waals surface area contributed by atoms with Crippen LogP contribution in [0.4, 0.5) is 0 Å². The van der Waals surface area contributed by atoms with Crippen molar-refractivity contribution in [1.29, 1.82) is 0 Å². The molecule has 0 aliphatic carbocycles. The number of nitrogens with one attached hydrogen (secondary N) is 2. The van der Waals surface area contributed by atoms with Crippen LogP contribution in [0.1, 0.15) is 24.8 Å². The van der Waals surface area contributed by atoms with Crippen LogP contribution in [0.3, 0.4) is 0 Å². The van der Waals surface area contributed by atoms with Gasteiger partial charge in [-0.25, -0.2) is 0 Å². The predicted molar refractivity (Wildman–Crippen MR) is 92.2 cm³/mol. The highest BCUT2D eigenvalue weighted by molar-refractivity contribution is 7.98. The van der Waals surface area contributed by atoms with Gasteiger partial charge in [-0.1, -0.05) is 30.3 Å². The van der Waals surface area contributed by atoms with E-state index < -0.39 is 0 Å². The van der Waals surface area contributed by atoms with E-state index in [-0.39, 0.29) is 30.4 Å². The van der Waals surface area contributed by atoms with E-state index in [9.17, 15) is 9.59 Å². The minimum Gasteiger partial charge on any atom is -0.469 e. The Hall–Kier alpha value is -1.53. The third-order valence-electron chi connectivity index (χ3n) is 3.79. The van der Waals surface area contributed by atoms with E-state index in [1.165, 1.54) is 12.7 Å². The predicted octanol–water partition coefficient (Wildman–Crippen LogP) is 1.72. The van der Waals surface area contributed by atoms with E-state index in [4.69, 9.17) is 4.74 Å². The van der Waals surface area contributed by atoms with Crippen molar-refractivity contribution in [3.63, 3.8) is 0 Å². The lowest BCUT2D eigenvalue weighted by molar-refractivity contribution is -0.141. The summed E-state index contributed by atoms with van der Waals surface area (Å²) in [5, 5.41) is 6.16. The first-order valence-electron chi connectivity index (χ1n) is 7.91. The lowest BCUT2D eigenvalue weighted by Crippen LogP contribution is -2.47. The standard InChI is InChI=1S/C17H24N2O3S/c1-22-16(20)10-14(19-17(21)15-8-5-9-18-15)12-23-11-13-6-3-2-4-7-13/h2-4,6-7,14-15,18H,5,8-12H2,1H3,(H,19,21)/t14-,15+/m1/s1. The van der Waals surface area contributed by atoms with Crippen molar-refractivity contribution in [3.05, 3.63) is 35.9 Å². The Bertz CT molecular complexity index is 504. The Morgan fingerprint density at radius 2 is 2.17 bits per heavy atom. The number of methoxy groups -OCH3 is 1. The van der Waals surface area contributed by atoms with E-state index in [0.717, 1.165) is 25.1 Å². The van der Waals surface area contributed by atoms with Crippen LogP contribution >= 0.6 is 11.8 Å². The molecule has 0 radical (unpaired) electrons. The van der Waals surface area contributed by atoms with Gasteiger partial charge in [0.05, 0.1) is 19.6 Å². The second kappa shape index (κ2) is 9.57. The average Bonchev–Trinajstić information content (AvgIpc) is 3.10. The van der Waals surface area contributed by atoms with E-state index in [1.807, 2.05) is 18.2 Å². The summed E-state index contributed by atoms with van der Waals surface area (Å²) >= 11 is 1.71. The van der Waals surface area contributed by atoms with Gasteiger partial charge in [0.15, 0.2) is 0 Å². The van der Waals surface area contributed by atoms with Crippen LogP contribution < -0.4 is 10.6 Å². The molecule has 0 unspecified atom stereocenters. The Balaban J connectivity index is 1.83. The zero-order valence-corrected chi connectivity index (χ0v) is 14.2. The Morgan fingerprint density at radius 1 is 1.39 bits per heavy atom. The van der Waals surface area contributed by atoms with Crippen LogP contribution in [0.15, 0.2) is 30.3 Å². The first-order chi connectivity index (χ1) is 11.2. The number of amides is 1. The number of esters is 1. The molecular weight excluding hydrogens is 312 g/mol. The molecule has 1 saturated heterocycles. The Morgan fingerprint density at radius 3 is 2.83 bits per heavy atom. The van der Waals surface area contributed by atoms with Crippen molar-refractivity contribution in [3.8, 4) is 0 Å². The summed E-state index contributed by atoms with van der Waals surface area (Å²) in [7, 11) is 1.37. The van der Waals surface area contributed by atoms with Gasteiger partial charge in [0, 0.05) is 17.5 Å². The van der Waals surface area contributed by atoms with Crippen LogP contribution in [0.5, 0.6) is 0 Å². The van der Waals surface area contributed by atoms with Crippen molar-refractivity contribution in [2.45, 2.75) is 37.1 Å². The topological polar surface area (TPSA) is 67.4 Å². The summed E-state index contributed by atoms with van der Waals surface area (Å²) in [5.74, 6) is 1.23. The molecule has 1 fully saturated rings. The fourth-order valence-corrected chi connectivity index (χ4v) is 3.57. The van der Waals surface area contributed by atoms with E-state index in [0.29, 0.717) is 5.75 Å². The van der Waals surface area contributed by atoms with Gasteiger partial charge in [0.2, 0.25) is 5.91 Å². The Kier molecular flexibility index (Phi) is 7.42. The molecule has 6 heteroatoms. The minimum absolute atomic E-state index is 0.0169. The van der Waals surface area contributed by atoms with Crippen LogP contribution in [0, 0.1) is 0 Å². The number of carbonyl (C=O) groups excluding carboxylic acids is 2. The van der Waals surface area contributed by atoms with Crippen molar-refractivity contribution in [1.82, 2.24) is 10.6 Å². The molecule has 2 rings (SSSR count). The number of hydrogen-bond donors (Lipinski definition) is 2. The molecule has 1 aromatic rings. The van der Waals surface area contributed by atoms with Crippen LogP contribution in [-0.4, -0.2) is 43.4 Å². The molecule has 1 amide bonds. The lowest BCUT2D eigenvalue weighted by atomic mass is 10.2. The molecule has 2 N–H and O–H groups in total. The smallest absolute Gasteiger partial charge is 0.307 e. The molecule has 0 bridgehead atoms. The highest BCUT2D eigenvalue weighted by atomic mass is 32.2. The summed E-state index contributed by atoms with van der Waals surface area (Å²) < 4.78 is 4.74. The molecule has 1 aliphatic rings. The highest BCUT2D eigenvalue weighted by Crippen LogP contribution is 2.15. The fourth-order valence-electron chi connectivity index (χ4n) is 2.54. The van der Waals surface area contributed by atoms with Gasteiger partial charge in [-0.05, 0) is 24.9 Å². The lowest BCUT2D eigenvalue weighted by Gasteiger charge is -2.20. The second-order valence-corrected chi connectivity index (χ2v) is 6.67. The number of carbonyl (C=O) groups is 2. The molecule has 5 nitrogen and oxygen atoms in total. The van der Waals surface area contributed by atoms with Crippen LogP contribution in [-0.2, 0) is 20.1 Å². The zero-order valence-electron chi connectivity index (χ0n) is 13.4. The fraction of sp³-hybridized carbons (Fsp3) is 0.529. The second-order valence-electron chi connectivity index (χ2n) is 5.64. The third kappa shape index (κ3) is 6.23. The molecule has 2 atom stereocenters. The molecule has 1 aromatic carbocycles. The number of thioether (sulfide) groups is 1. The van der Waals surface area contributed by atoms with Crippen molar-refractivity contribution < 1.29 is 14.3 Å². The monoisotopic (exact) mass is 336 g/mol. The summed E-state index contributed by atoms with van der Waals surface area (Å²) in [6.45, 7) is 0.877. The van der Waals surface area contributed by atoms with Gasteiger partial charge in [-0.3, -0.25) is 9.59 Å². The van der Waals surface area contributed by atoms with Gasteiger partial charge >= 0.3 is 5.97 Å². The molecule has 0 saturated carbocycles. The van der Waals surface area contributed by atoms with Gasteiger partial charge < -0.3 is 15.4 Å². The molecule has 1 aliphatic heterocycles. The quantitative estimate of drug-likeness (QED) is 0.708. The molecule has 126 valence electrons. The maximum Gasteiger partial charge on any atom is 0.307 e. The largest absolute Gasteiger partial charge is 0.469 e. The van der Waals surface area contributed by atoms with E-state index in [2.05, 4.69) is 22.8 Å². The van der Waals surface area contributed by atoms with Gasteiger partial charge in [0.1, 0.15) is 0 Å². The number of ether oxygens (including phenoxy) is 1. The van der Waals surface area contributed by atoms with E-state index >= 15 is 0 Å². The van der Waals surface area contributed by atoms with Gasteiger partial charge in [-0.15, -0.1) is 0 Å². The van der Waals surface area contributed by atoms with Crippen molar-refractivity contribution in [2.24, 2.45) is 0 Å². The van der Waals surface area contributed by atoms with Crippen LogP contribution in [0.2, 0.25) is 0 Å². The van der Waals surface area contributed by atoms with E-state index in [1.54, 1.807) is 11.8 Å². The average molecular weight is 336 g/mol. The maximum absolute atomic E-state index is 12.2. The summed E-state index contributed by atoms with van der Waals surface area (Å²) in [6.07, 6.45) is 2.08. The highest BCUT2D eigenvalue weighted by Gasteiger charge is 2.25. The summed E-state index contributed by atoms with van der Waals surface area (Å²) in [4.78, 5) is 23.8. The SMILES string of the molecule is COC(=O)C[C@H](CSCc1ccccc1)NC(=O)[C@@H]1CCCN1. The molecular formula is C17H24N2O3S. The number of benzene rings is 1. The molecule has 23 heavy (non-hydrogen) atoms.